The maximum atomic E-state index is 12.2. The Morgan fingerprint density at radius 1 is 1.14 bits per heavy atom. The zero-order chi connectivity index (χ0) is 19.9. The van der Waals surface area contributed by atoms with Gasteiger partial charge in [0.25, 0.3) is 5.91 Å². The molecule has 0 atom stereocenters. The Kier molecular flexibility index (Phi) is 5.82. The zero-order valence-electron chi connectivity index (χ0n) is 15.3. The quantitative estimate of drug-likeness (QED) is 0.619. The Bertz CT molecular complexity index is 1000. The molecule has 0 spiro atoms. The minimum atomic E-state index is -0.608. The predicted octanol–water partition coefficient (Wildman–Crippen LogP) is 2.56. The van der Waals surface area contributed by atoms with Crippen molar-refractivity contribution in [2.75, 3.05) is 13.7 Å². The number of carbonyl (C=O) groups is 2. The molecule has 7 nitrogen and oxygen atoms in total. The van der Waals surface area contributed by atoms with Crippen molar-refractivity contribution in [3.05, 3.63) is 83.7 Å². The molecule has 140 valence electrons. The number of amides is 1. The van der Waals surface area contributed by atoms with E-state index in [-0.39, 0.29) is 12.5 Å². The number of esters is 1. The predicted molar refractivity (Wildman–Crippen MR) is 101 cm³/mol. The number of carbonyl (C=O) groups excluding carboxylic acids is 2. The van der Waals surface area contributed by atoms with Gasteiger partial charge in [-0.1, -0.05) is 18.2 Å². The van der Waals surface area contributed by atoms with Gasteiger partial charge in [0.05, 0.1) is 29.1 Å². The van der Waals surface area contributed by atoms with Crippen LogP contribution in [-0.2, 0) is 16.1 Å². The SMILES string of the molecule is CN(Cc1cnn(-c2ccccc2)c1)C(=O)COC(=O)c1ccc(C#N)cc1. The molecule has 1 amide bonds. The number of rotatable bonds is 6. The summed E-state index contributed by atoms with van der Waals surface area (Å²) in [5.74, 6) is -0.933. The van der Waals surface area contributed by atoms with Crippen molar-refractivity contribution in [3.63, 3.8) is 0 Å². The van der Waals surface area contributed by atoms with Gasteiger partial charge < -0.3 is 9.64 Å². The van der Waals surface area contributed by atoms with E-state index in [4.69, 9.17) is 10.00 Å². The van der Waals surface area contributed by atoms with Crippen molar-refractivity contribution in [1.82, 2.24) is 14.7 Å². The standard InChI is InChI=1S/C21H18N4O3/c1-24(13-17-12-23-25(14-17)19-5-3-2-4-6-19)20(26)15-28-21(27)18-9-7-16(11-22)8-10-18/h2-10,12,14H,13,15H2,1H3. The van der Waals surface area contributed by atoms with Crippen molar-refractivity contribution in [3.8, 4) is 11.8 Å². The minimum Gasteiger partial charge on any atom is -0.452 e. The molecule has 0 unspecified atom stereocenters. The number of benzene rings is 2. The summed E-state index contributed by atoms with van der Waals surface area (Å²) in [5, 5.41) is 13.1. The molecule has 28 heavy (non-hydrogen) atoms. The second-order valence-corrected chi connectivity index (χ2v) is 6.14. The fourth-order valence-electron chi connectivity index (χ4n) is 2.53. The molecule has 0 radical (unpaired) electrons. The molecule has 0 saturated carbocycles. The van der Waals surface area contributed by atoms with Crippen LogP contribution in [-0.4, -0.2) is 40.2 Å². The average molecular weight is 374 g/mol. The number of para-hydroxylation sites is 1. The van der Waals surface area contributed by atoms with Gasteiger partial charge in [0, 0.05) is 25.4 Å². The van der Waals surface area contributed by atoms with Crippen molar-refractivity contribution < 1.29 is 14.3 Å². The molecular formula is C21H18N4O3. The highest BCUT2D eigenvalue weighted by Crippen LogP contribution is 2.10. The maximum Gasteiger partial charge on any atom is 0.338 e. The van der Waals surface area contributed by atoms with Crippen molar-refractivity contribution in [1.29, 1.82) is 5.26 Å². The first-order valence-electron chi connectivity index (χ1n) is 8.57. The minimum absolute atomic E-state index is 0.290. The molecule has 0 aliphatic carbocycles. The fraction of sp³-hybridized carbons (Fsp3) is 0.143. The van der Waals surface area contributed by atoms with Gasteiger partial charge in [-0.2, -0.15) is 10.4 Å². The normalized spacial score (nSPS) is 10.1. The average Bonchev–Trinajstić information content (AvgIpc) is 3.21. The summed E-state index contributed by atoms with van der Waals surface area (Å²) < 4.78 is 6.80. The van der Waals surface area contributed by atoms with Crippen LogP contribution in [0.4, 0.5) is 0 Å². The Morgan fingerprint density at radius 3 is 2.54 bits per heavy atom. The van der Waals surface area contributed by atoms with Crippen molar-refractivity contribution in [2.24, 2.45) is 0 Å². The summed E-state index contributed by atoms with van der Waals surface area (Å²) in [6.07, 6.45) is 3.54. The van der Waals surface area contributed by atoms with Gasteiger partial charge in [0.2, 0.25) is 0 Å². The van der Waals surface area contributed by atoms with Crippen LogP contribution in [0, 0.1) is 11.3 Å². The summed E-state index contributed by atoms with van der Waals surface area (Å²) >= 11 is 0. The third kappa shape index (κ3) is 4.62. The molecule has 1 heterocycles. The largest absolute Gasteiger partial charge is 0.452 e. The van der Waals surface area contributed by atoms with Crippen LogP contribution in [0.3, 0.4) is 0 Å². The van der Waals surface area contributed by atoms with Crippen LogP contribution in [0.15, 0.2) is 67.0 Å². The van der Waals surface area contributed by atoms with E-state index >= 15 is 0 Å². The molecule has 0 aliphatic rings. The van der Waals surface area contributed by atoms with Gasteiger partial charge >= 0.3 is 5.97 Å². The smallest absolute Gasteiger partial charge is 0.338 e. The third-order valence-corrected chi connectivity index (χ3v) is 4.08. The van der Waals surface area contributed by atoms with E-state index in [1.165, 1.54) is 29.2 Å². The highest BCUT2D eigenvalue weighted by Gasteiger charge is 2.14. The van der Waals surface area contributed by atoms with E-state index in [0.29, 0.717) is 17.7 Å². The van der Waals surface area contributed by atoms with Crippen LogP contribution in [0.25, 0.3) is 5.69 Å². The summed E-state index contributed by atoms with van der Waals surface area (Å²) in [4.78, 5) is 25.7. The van der Waals surface area contributed by atoms with Crippen LogP contribution in [0.5, 0.6) is 0 Å². The number of hydrogen-bond donors (Lipinski definition) is 0. The van der Waals surface area contributed by atoms with Gasteiger partial charge in [-0.3, -0.25) is 4.79 Å². The topological polar surface area (TPSA) is 88.2 Å². The van der Waals surface area contributed by atoms with E-state index in [9.17, 15) is 9.59 Å². The third-order valence-electron chi connectivity index (χ3n) is 4.08. The lowest BCUT2D eigenvalue weighted by atomic mass is 10.1. The van der Waals surface area contributed by atoms with E-state index in [1.54, 1.807) is 17.9 Å². The van der Waals surface area contributed by atoms with Gasteiger partial charge in [-0.05, 0) is 36.4 Å². The summed E-state index contributed by atoms with van der Waals surface area (Å²) in [5.41, 5.74) is 2.53. The number of nitriles is 1. The van der Waals surface area contributed by atoms with Gasteiger partial charge in [0.1, 0.15) is 0 Å². The molecule has 1 aromatic heterocycles. The lowest BCUT2D eigenvalue weighted by molar-refractivity contribution is -0.133. The first kappa shape index (κ1) is 18.9. The van der Waals surface area contributed by atoms with Gasteiger partial charge in [-0.25, -0.2) is 9.48 Å². The summed E-state index contributed by atoms with van der Waals surface area (Å²) in [7, 11) is 1.64. The lowest BCUT2D eigenvalue weighted by Gasteiger charge is -2.16. The van der Waals surface area contributed by atoms with Crippen LogP contribution in [0.1, 0.15) is 21.5 Å². The number of nitrogens with zero attached hydrogens (tertiary/aromatic N) is 4. The Hall–Kier alpha value is -3.92. The molecule has 7 heteroatoms. The van der Waals surface area contributed by atoms with Crippen LogP contribution < -0.4 is 0 Å². The van der Waals surface area contributed by atoms with Crippen LogP contribution >= 0.6 is 0 Å². The van der Waals surface area contributed by atoms with Gasteiger partial charge in [0.15, 0.2) is 6.61 Å². The van der Waals surface area contributed by atoms with E-state index in [2.05, 4.69) is 5.10 Å². The summed E-state index contributed by atoms with van der Waals surface area (Å²) in [6.45, 7) is -0.0117. The molecular weight excluding hydrogens is 356 g/mol. The molecule has 3 rings (SSSR count). The molecule has 0 aliphatic heterocycles. The van der Waals surface area contributed by atoms with Gasteiger partial charge in [-0.15, -0.1) is 0 Å². The highest BCUT2D eigenvalue weighted by atomic mass is 16.5. The lowest BCUT2D eigenvalue weighted by Crippen LogP contribution is -2.30. The Balaban J connectivity index is 1.52. The van der Waals surface area contributed by atoms with Crippen molar-refractivity contribution >= 4 is 11.9 Å². The molecule has 0 fully saturated rings. The Labute approximate surface area is 162 Å². The van der Waals surface area contributed by atoms with Crippen LogP contribution in [0.2, 0.25) is 0 Å². The molecule has 2 aromatic carbocycles. The molecule has 0 N–H and O–H groups in total. The van der Waals surface area contributed by atoms with Crippen molar-refractivity contribution in [2.45, 2.75) is 6.54 Å². The van der Waals surface area contributed by atoms with E-state index < -0.39 is 5.97 Å². The monoisotopic (exact) mass is 374 g/mol. The molecule has 0 bridgehead atoms. The number of ether oxygens (including phenoxy) is 1. The molecule has 0 saturated heterocycles. The highest BCUT2D eigenvalue weighted by molar-refractivity contribution is 5.91. The number of likely N-dealkylation sites (N-methyl/N-ethyl adjacent to an activating group) is 1. The Morgan fingerprint density at radius 2 is 1.86 bits per heavy atom. The van der Waals surface area contributed by atoms with E-state index in [1.807, 2.05) is 42.6 Å². The first-order valence-corrected chi connectivity index (χ1v) is 8.57. The number of aromatic nitrogens is 2. The zero-order valence-corrected chi connectivity index (χ0v) is 15.3. The molecule has 3 aromatic rings. The first-order chi connectivity index (χ1) is 13.6. The fourth-order valence-corrected chi connectivity index (χ4v) is 2.53. The summed E-state index contributed by atoms with van der Waals surface area (Å²) in [6, 6.07) is 17.7. The number of hydrogen-bond acceptors (Lipinski definition) is 5. The van der Waals surface area contributed by atoms with E-state index in [0.717, 1.165) is 11.3 Å². The second kappa shape index (κ2) is 8.64. The second-order valence-electron chi connectivity index (χ2n) is 6.14. The maximum absolute atomic E-state index is 12.2.